The topological polar surface area (TPSA) is 26.3 Å². The summed E-state index contributed by atoms with van der Waals surface area (Å²) in [7, 11) is -1.32. The number of aldehydes is 1. The van der Waals surface area contributed by atoms with Crippen LogP contribution in [0.5, 0.6) is 5.75 Å². The molecule has 0 unspecified atom stereocenters. The van der Waals surface area contributed by atoms with Crippen molar-refractivity contribution in [2.24, 2.45) is 0 Å². The van der Waals surface area contributed by atoms with Gasteiger partial charge in [0.1, 0.15) is 11.6 Å². The third-order valence-electron chi connectivity index (χ3n) is 1.76. The predicted molar refractivity (Wildman–Crippen MR) is 60.6 cm³/mol. The summed E-state index contributed by atoms with van der Waals surface area (Å²) in [5.41, 5.74) is 0.272. The van der Waals surface area contributed by atoms with Crippen LogP contribution in [0.4, 0.5) is 4.39 Å². The van der Waals surface area contributed by atoms with Crippen molar-refractivity contribution in [1.82, 2.24) is 0 Å². The average Bonchev–Trinajstić information content (AvgIpc) is 2.14. The van der Waals surface area contributed by atoms with E-state index in [1.165, 1.54) is 18.2 Å². The van der Waals surface area contributed by atoms with E-state index in [0.717, 1.165) is 0 Å². The minimum absolute atomic E-state index is 0.272. The maximum atomic E-state index is 12.8. The molecular formula is C11H15FO2Si. The Morgan fingerprint density at radius 2 is 2.07 bits per heavy atom. The van der Waals surface area contributed by atoms with Crippen LogP contribution in [-0.4, -0.2) is 20.6 Å². The zero-order chi connectivity index (χ0) is 11.5. The normalized spacial score (nSPS) is 11.2. The Balaban J connectivity index is 2.81. The van der Waals surface area contributed by atoms with E-state index in [2.05, 4.69) is 19.6 Å². The summed E-state index contributed by atoms with van der Waals surface area (Å²) in [4.78, 5) is 10.7. The van der Waals surface area contributed by atoms with Crippen molar-refractivity contribution >= 4 is 14.4 Å². The molecule has 1 aromatic rings. The van der Waals surface area contributed by atoms with Gasteiger partial charge in [0.25, 0.3) is 0 Å². The van der Waals surface area contributed by atoms with E-state index in [1.807, 2.05) is 0 Å². The molecule has 0 saturated heterocycles. The molecule has 82 valence electrons. The van der Waals surface area contributed by atoms with Gasteiger partial charge in [0, 0.05) is 0 Å². The summed E-state index contributed by atoms with van der Waals surface area (Å²) in [6.07, 6.45) is 1.24. The molecule has 0 aliphatic carbocycles. The molecule has 1 rings (SSSR count). The van der Waals surface area contributed by atoms with Crippen molar-refractivity contribution in [1.29, 1.82) is 0 Å². The number of rotatable bonds is 4. The Morgan fingerprint density at radius 1 is 1.40 bits per heavy atom. The first-order valence-electron chi connectivity index (χ1n) is 4.80. The number of carbonyl (C=O) groups is 1. The van der Waals surface area contributed by atoms with Crippen LogP contribution >= 0.6 is 0 Å². The lowest BCUT2D eigenvalue weighted by molar-refractivity contribution is 0.111. The van der Waals surface area contributed by atoms with Gasteiger partial charge in [-0.1, -0.05) is 19.6 Å². The molecule has 0 bridgehead atoms. The summed E-state index contributed by atoms with van der Waals surface area (Å²) in [5, 5.41) is 0. The predicted octanol–water partition coefficient (Wildman–Crippen LogP) is 2.89. The van der Waals surface area contributed by atoms with Gasteiger partial charge in [0.05, 0.1) is 19.9 Å². The van der Waals surface area contributed by atoms with E-state index in [-0.39, 0.29) is 5.56 Å². The molecule has 0 N–H and O–H groups in total. The van der Waals surface area contributed by atoms with Crippen LogP contribution in [-0.2, 0) is 0 Å². The van der Waals surface area contributed by atoms with Gasteiger partial charge in [-0.3, -0.25) is 4.79 Å². The summed E-state index contributed by atoms with van der Waals surface area (Å²) in [5.74, 6) is 0.0475. The van der Waals surface area contributed by atoms with E-state index < -0.39 is 13.9 Å². The highest BCUT2D eigenvalue weighted by molar-refractivity contribution is 6.76. The standard InChI is InChI=1S/C11H15FO2Si/c1-15(2,3)8-14-11-5-4-10(12)6-9(11)7-13/h4-7H,8H2,1-3H3. The summed E-state index contributed by atoms with van der Waals surface area (Å²) in [6, 6.07) is 3.98. The second-order valence-corrected chi connectivity index (χ2v) is 10.1. The Bertz CT molecular complexity index is 358. The van der Waals surface area contributed by atoms with E-state index >= 15 is 0 Å². The molecule has 0 heterocycles. The van der Waals surface area contributed by atoms with Crippen LogP contribution in [0, 0.1) is 5.82 Å². The molecule has 0 spiro atoms. The highest BCUT2D eigenvalue weighted by atomic mass is 28.3. The lowest BCUT2D eigenvalue weighted by Gasteiger charge is -2.17. The highest BCUT2D eigenvalue weighted by Gasteiger charge is 2.15. The number of benzene rings is 1. The van der Waals surface area contributed by atoms with E-state index in [0.29, 0.717) is 18.3 Å². The summed E-state index contributed by atoms with van der Waals surface area (Å²) in [6.45, 7) is 6.49. The maximum Gasteiger partial charge on any atom is 0.153 e. The SMILES string of the molecule is C[Si](C)(C)COc1ccc(F)cc1C=O. The minimum Gasteiger partial charge on any atom is -0.496 e. The molecule has 15 heavy (non-hydrogen) atoms. The Kier molecular flexibility index (Phi) is 3.63. The second-order valence-electron chi connectivity index (χ2n) is 4.65. The average molecular weight is 226 g/mol. The van der Waals surface area contributed by atoms with Crippen molar-refractivity contribution in [2.45, 2.75) is 19.6 Å². The Labute approximate surface area is 90.1 Å². The molecule has 0 atom stereocenters. The third-order valence-corrected chi connectivity index (χ3v) is 2.77. The fraction of sp³-hybridized carbons (Fsp3) is 0.364. The molecule has 2 nitrogen and oxygen atoms in total. The molecule has 0 aliphatic heterocycles. The van der Waals surface area contributed by atoms with Crippen molar-refractivity contribution in [2.75, 3.05) is 6.23 Å². The zero-order valence-corrected chi connectivity index (χ0v) is 10.2. The third kappa shape index (κ3) is 3.83. The minimum atomic E-state index is -1.32. The zero-order valence-electron chi connectivity index (χ0n) is 9.21. The van der Waals surface area contributed by atoms with Crippen molar-refractivity contribution < 1.29 is 13.9 Å². The number of hydrogen-bond donors (Lipinski definition) is 0. The number of ether oxygens (including phenoxy) is 1. The van der Waals surface area contributed by atoms with Gasteiger partial charge in [0.2, 0.25) is 0 Å². The monoisotopic (exact) mass is 226 g/mol. The molecule has 0 radical (unpaired) electrons. The highest BCUT2D eigenvalue weighted by Crippen LogP contribution is 2.18. The molecule has 0 aliphatic rings. The van der Waals surface area contributed by atoms with Crippen LogP contribution in [0.25, 0.3) is 0 Å². The van der Waals surface area contributed by atoms with Crippen molar-refractivity contribution in [3.8, 4) is 5.75 Å². The quantitative estimate of drug-likeness (QED) is 0.583. The molecule has 0 amide bonds. The van der Waals surface area contributed by atoms with Crippen LogP contribution in [0.1, 0.15) is 10.4 Å². The van der Waals surface area contributed by atoms with Gasteiger partial charge in [-0.25, -0.2) is 4.39 Å². The molecule has 0 fully saturated rings. The smallest absolute Gasteiger partial charge is 0.153 e. The number of halogens is 1. The molecule has 0 aromatic heterocycles. The van der Waals surface area contributed by atoms with Gasteiger partial charge in [-0.2, -0.15) is 0 Å². The van der Waals surface area contributed by atoms with Crippen LogP contribution in [0.2, 0.25) is 19.6 Å². The van der Waals surface area contributed by atoms with Crippen LogP contribution in [0.15, 0.2) is 18.2 Å². The van der Waals surface area contributed by atoms with Gasteiger partial charge in [-0.15, -0.1) is 0 Å². The second kappa shape index (κ2) is 4.57. The van der Waals surface area contributed by atoms with Gasteiger partial charge < -0.3 is 4.74 Å². The van der Waals surface area contributed by atoms with E-state index in [9.17, 15) is 9.18 Å². The van der Waals surface area contributed by atoms with Gasteiger partial charge in [-0.05, 0) is 18.2 Å². The fourth-order valence-electron chi connectivity index (χ4n) is 1.04. The summed E-state index contributed by atoms with van der Waals surface area (Å²) < 4.78 is 18.3. The van der Waals surface area contributed by atoms with Gasteiger partial charge in [0.15, 0.2) is 6.29 Å². The first-order valence-corrected chi connectivity index (χ1v) is 8.50. The van der Waals surface area contributed by atoms with Crippen LogP contribution in [0.3, 0.4) is 0 Å². The lowest BCUT2D eigenvalue weighted by Crippen LogP contribution is -2.30. The first-order chi connectivity index (χ1) is 6.92. The number of hydrogen-bond acceptors (Lipinski definition) is 2. The first kappa shape index (κ1) is 11.9. The Hall–Kier alpha value is -1.16. The van der Waals surface area contributed by atoms with Crippen molar-refractivity contribution in [3.05, 3.63) is 29.6 Å². The van der Waals surface area contributed by atoms with E-state index in [1.54, 1.807) is 0 Å². The largest absolute Gasteiger partial charge is 0.496 e. The molecular weight excluding hydrogens is 211 g/mol. The molecule has 0 saturated carbocycles. The number of carbonyl (C=O) groups excluding carboxylic acids is 1. The lowest BCUT2D eigenvalue weighted by atomic mass is 10.2. The summed E-state index contributed by atoms with van der Waals surface area (Å²) >= 11 is 0. The molecule has 4 heteroatoms. The maximum absolute atomic E-state index is 12.8. The van der Waals surface area contributed by atoms with E-state index in [4.69, 9.17) is 4.74 Å². The van der Waals surface area contributed by atoms with Gasteiger partial charge >= 0.3 is 0 Å². The van der Waals surface area contributed by atoms with Crippen LogP contribution < -0.4 is 4.74 Å². The fourth-order valence-corrected chi connectivity index (χ4v) is 1.63. The molecule has 1 aromatic carbocycles. The Morgan fingerprint density at radius 3 is 2.60 bits per heavy atom. The van der Waals surface area contributed by atoms with Crippen molar-refractivity contribution in [3.63, 3.8) is 0 Å².